The van der Waals surface area contributed by atoms with Crippen LogP contribution in [0.4, 0.5) is 0 Å². The first kappa shape index (κ1) is 16.3. The zero-order valence-electron chi connectivity index (χ0n) is 12.6. The van der Waals surface area contributed by atoms with Crippen molar-refractivity contribution in [1.82, 2.24) is 0 Å². The summed E-state index contributed by atoms with van der Waals surface area (Å²) in [6.07, 6.45) is 2.94. The highest BCUT2D eigenvalue weighted by atomic mass is 127. The summed E-state index contributed by atoms with van der Waals surface area (Å²) in [6.45, 7) is 12.5. The molecule has 104 valence electrons. The molecule has 0 radical (unpaired) electrons. The van der Waals surface area contributed by atoms with Gasteiger partial charge in [-0.3, -0.25) is 0 Å². The fourth-order valence-corrected chi connectivity index (χ4v) is 3.03. The largest absolute Gasteiger partial charge is 0.496 e. The van der Waals surface area contributed by atoms with E-state index in [1.165, 1.54) is 16.7 Å². The second kappa shape index (κ2) is 6.62. The molecule has 2 heteroatoms. The zero-order chi connectivity index (χ0) is 14.6. The number of hydrogen-bond acceptors (Lipinski definition) is 1. The SMILES string of the molecule is C=C=Cc1c(CC)c(CI)cc(C(C)(C)C)c1OC. The molecule has 0 atom stereocenters. The van der Waals surface area contributed by atoms with Crippen molar-refractivity contribution in [1.29, 1.82) is 0 Å². The Balaban J connectivity index is 3.77. The van der Waals surface area contributed by atoms with Crippen molar-refractivity contribution in [3.63, 3.8) is 0 Å². The van der Waals surface area contributed by atoms with Crippen molar-refractivity contribution in [3.05, 3.63) is 40.6 Å². The van der Waals surface area contributed by atoms with Crippen LogP contribution in [0, 0.1) is 0 Å². The lowest BCUT2D eigenvalue weighted by Gasteiger charge is -2.26. The third-order valence-electron chi connectivity index (χ3n) is 3.28. The molecule has 0 aliphatic heterocycles. The maximum Gasteiger partial charge on any atom is 0.130 e. The van der Waals surface area contributed by atoms with E-state index in [2.05, 4.69) is 68.7 Å². The van der Waals surface area contributed by atoms with Crippen LogP contribution in [0.25, 0.3) is 6.08 Å². The van der Waals surface area contributed by atoms with E-state index < -0.39 is 0 Å². The molecule has 1 aromatic rings. The Bertz CT molecular complexity index is 503. The van der Waals surface area contributed by atoms with Gasteiger partial charge in [0.2, 0.25) is 0 Å². The topological polar surface area (TPSA) is 9.23 Å². The lowest BCUT2D eigenvalue weighted by molar-refractivity contribution is 0.396. The summed E-state index contributed by atoms with van der Waals surface area (Å²) >= 11 is 2.43. The predicted molar refractivity (Wildman–Crippen MR) is 92.4 cm³/mol. The molecule has 0 spiro atoms. The lowest BCUT2D eigenvalue weighted by Crippen LogP contribution is -2.15. The number of halogens is 1. The van der Waals surface area contributed by atoms with E-state index >= 15 is 0 Å². The van der Waals surface area contributed by atoms with E-state index in [1.54, 1.807) is 7.11 Å². The molecule has 0 saturated carbocycles. The molecule has 1 rings (SSSR count). The lowest BCUT2D eigenvalue weighted by atomic mass is 9.82. The quantitative estimate of drug-likeness (QED) is 0.398. The molecule has 0 heterocycles. The van der Waals surface area contributed by atoms with E-state index in [9.17, 15) is 0 Å². The fraction of sp³-hybridized carbons (Fsp3) is 0.471. The number of hydrogen-bond donors (Lipinski definition) is 0. The van der Waals surface area contributed by atoms with E-state index in [0.29, 0.717) is 0 Å². The molecule has 0 aliphatic carbocycles. The first-order valence-corrected chi connectivity index (χ1v) is 8.08. The number of rotatable bonds is 4. The van der Waals surface area contributed by atoms with Crippen LogP contribution >= 0.6 is 22.6 Å². The van der Waals surface area contributed by atoms with Gasteiger partial charge in [0.1, 0.15) is 5.75 Å². The van der Waals surface area contributed by atoms with Crippen molar-refractivity contribution in [2.45, 2.75) is 44.0 Å². The zero-order valence-corrected chi connectivity index (χ0v) is 14.7. The Hall–Kier alpha value is -0.730. The average molecular weight is 370 g/mol. The van der Waals surface area contributed by atoms with Gasteiger partial charge >= 0.3 is 0 Å². The maximum absolute atomic E-state index is 5.70. The molecule has 0 unspecified atom stereocenters. The summed E-state index contributed by atoms with van der Waals surface area (Å²) in [7, 11) is 1.74. The molecule has 1 nitrogen and oxygen atoms in total. The number of methoxy groups -OCH3 is 1. The normalized spacial score (nSPS) is 11.1. The molecular formula is C17H23IO. The molecular weight excluding hydrogens is 347 g/mol. The molecule has 0 fully saturated rings. The van der Waals surface area contributed by atoms with E-state index in [-0.39, 0.29) is 5.41 Å². The highest BCUT2D eigenvalue weighted by Crippen LogP contribution is 2.39. The minimum absolute atomic E-state index is 0.0575. The van der Waals surface area contributed by atoms with Crippen molar-refractivity contribution in [2.24, 2.45) is 0 Å². The third-order valence-corrected chi connectivity index (χ3v) is 4.10. The molecule has 0 aromatic heterocycles. The molecule has 0 bridgehead atoms. The smallest absolute Gasteiger partial charge is 0.130 e. The summed E-state index contributed by atoms with van der Waals surface area (Å²) in [6, 6.07) is 2.30. The Labute approximate surface area is 130 Å². The van der Waals surface area contributed by atoms with Crippen molar-refractivity contribution < 1.29 is 4.74 Å². The van der Waals surface area contributed by atoms with E-state index in [0.717, 1.165) is 22.2 Å². The first-order valence-electron chi connectivity index (χ1n) is 6.55. The number of alkyl halides is 1. The van der Waals surface area contributed by atoms with Crippen LogP contribution in [0.15, 0.2) is 18.4 Å². The summed E-state index contributed by atoms with van der Waals surface area (Å²) in [5.41, 5.74) is 8.08. The molecule has 0 N–H and O–H groups in total. The monoisotopic (exact) mass is 370 g/mol. The highest BCUT2D eigenvalue weighted by Gasteiger charge is 2.24. The van der Waals surface area contributed by atoms with Gasteiger partial charge in [-0.25, -0.2) is 0 Å². The van der Waals surface area contributed by atoms with Crippen molar-refractivity contribution in [2.75, 3.05) is 7.11 Å². The second-order valence-electron chi connectivity index (χ2n) is 5.59. The second-order valence-corrected chi connectivity index (χ2v) is 6.36. The van der Waals surface area contributed by atoms with Crippen LogP contribution in [0.2, 0.25) is 0 Å². The Morgan fingerprint density at radius 1 is 1.42 bits per heavy atom. The van der Waals surface area contributed by atoms with Crippen LogP contribution in [-0.4, -0.2) is 7.11 Å². The van der Waals surface area contributed by atoms with E-state index in [1.807, 2.05) is 6.08 Å². The van der Waals surface area contributed by atoms with Crippen LogP contribution in [-0.2, 0) is 16.3 Å². The first-order chi connectivity index (χ1) is 8.90. The van der Waals surface area contributed by atoms with Gasteiger partial charge in [0.05, 0.1) is 7.11 Å². The summed E-state index contributed by atoms with van der Waals surface area (Å²) < 4.78 is 6.70. The van der Waals surface area contributed by atoms with Gasteiger partial charge < -0.3 is 4.74 Å². The van der Waals surface area contributed by atoms with Crippen LogP contribution in [0.1, 0.15) is 49.9 Å². The minimum atomic E-state index is 0.0575. The molecule has 19 heavy (non-hydrogen) atoms. The minimum Gasteiger partial charge on any atom is -0.496 e. The maximum atomic E-state index is 5.70. The van der Waals surface area contributed by atoms with Crippen molar-refractivity contribution in [3.8, 4) is 5.75 Å². The standard InChI is InChI=1S/C17H23IO/c1-7-9-14-13(8-2)12(11-18)10-15(16(14)19-6)17(3,4)5/h9-10H,1,8,11H2,2-6H3. The van der Waals surface area contributed by atoms with Gasteiger partial charge in [-0.1, -0.05) is 62.9 Å². The molecule has 1 aromatic carbocycles. The molecule has 0 amide bonds. The van der Waals surface area contributed by atoms with Crippen LogP contribution in [0.3, 0.4) is 0 Å². The average Bonchev–Trinajstić information content (AvgIpc) is 2.36. The number of benzene rings is 1. The van der Waals surface area contributed by atoms with Gasteiger partial charge in [0.25, 0.3) is 0 Å². The van der Waals surface area contributed by atoms with E-state index in [4.69, 9.17) is 4.74 Å². The van der Waals surface area contributed by atoms with Crippen LogP contribution < -0.4 is 4.74 Å². The van der Waals surface area contributed by atoms with Gasteiger partial charge in [-0.15, -0.1) is 5.73 Å². The molecule has 0 aliphatic rings. The summed E-state index contributed by atoms with van der Waals surface area (Å²) in [4.78, 5) is 0. The van der Waals surface area contributed by atoms with Gasteiger partial charge in [0.15, 0.2) is 0 Å². The predicted octanol–water partition coefficient (Wildman–Crippen LogP) is 5.29. The third kappa shape index (κ3) is 3.43. The fourth-order valence-electron chi connectivity index (χ4n) is 2.35. The Kier molecular flexibility index (Phi) is 5.69. The van der Waals surface area contributed by atoms with Crippen LogP contribution in [0.5, 0.6) is 5.75 Å². The Morgan fingerprint density at radius 2 is 2.05 bits per heavy atom. The highest BCUT2D eigenvalue weighted by molar-refractivity contribution is 14.1. The molecule has 0 saturated heterocycles. The number of ether oxygens (including phenoxy) is 1. The van der Waals surface area contributed by atoms with Crippen molar-refractivity contribution >= 4 is 28.7 Å². The Morgan fingerprint density at radius 3 is 2.42 bits per heavy atom. The summed E-state index contributed by atoms with van der Waals surface area (Å²) in [5.74, 6) is 0.967. The van der Waals surface area contributed by atoms with Gasteiger partial charge in [-0.05, 0) is 29.0 Å². The van der Waals surface area contributed by atoms with Gasteiger partial charge in [0, 0.05) is 15.6 Å². The summed E-state index contributed by atoms with van der Waals surface area (Å²) in [5, 5.41) is 0. The van der Waals surface area contributed by atoms with Gasteiger partial charge in [-0.2, -0.15) is 0 Å².